The van der Waals surface area contributed by atoms with E-state index in [-0.39, 0.29) is 0 Å². The fourth-order valence-corrected chi connectivity index (χ4v) is 2.27. The lowest BCUT2D eigenvalue weighted by molar-refractivity contribution is 0.132. The van der Waals surface area contributed by atoms with Crippen LogP contribution in [0.15, 0.2) is 24.3 Å². The van der Waals surface area contributed by atoms with Crippen molar-refractivity contribution in [3.8, 4) is 5.75 Å². The van der Waals surface area contributed by atoms with E-state index in [0.29, 0.717) is 19.4 Å². The van der Waals surface area contributed by atoms with Crippen LogP contribution in [0.3, 0.4) is 0 Å². The maximum absolute atomic E-state index is 13.0. The van der Waals surface area contributed by atoms with Crippen molar-refractivity contribution in [2.75, 3.05) is 26.2 Å². The molecule has 0 saturated carbocycles. The van der Waals surface area contributed by atoms with Crippen molar-refractivity contribution in [2.24, 2.45) is 0 Å². The van der Waals surface area contributed by atoms with Gasteiger partial charge in [0.2, 0.25) is 0 Å². The van der Waals surface area contributed by atoms with E-state index >= 15 is 0 Å². The summed E-state index contributed by atoms with van der Waals surface area (Å²) in [6.07, 6.45) is 1.78. The molecule has 1 aliphatic rings. The van der Waals surface area contributed by atoms with Gasteiger partial charge in [-0.2, -0.15) is 0 Å². The summed E-state index contributed by atoms with van der Waals surface area (Å²) in [7, 11) is 0. The Morgan fingerprint density at radius 3 is 2.83 bits per heavy atom. The SMILES string of the molecule is CCc1cccc(OCCN2CCC(F)CC2)c1. The highest BCUT2D eigenvalue weighted by molar-refractivity contribution is 5.28. The third-order valence-corrected chi connectivity index (χ3v) is 3.50. The number of likely N-dealkylation sites (tertiary alicyclic amines) is 1. The van der Waals surface area contributed by atoms with E-state index in [0.717, 1.165) is 31.8 Å². The van der Waals surface area contributed by atoms with E-state index in [1.54, 1.807) is 0 Å². The molecule has 3 heteroatoms. The zero-order chi connectivity index (χ0) is 12.8. The fourth-order valence-electron chi connectivity index (χ4n) is 2.27. The monoisotopic (exact) mass is 251 g/mol. The van der Waals surface area contributed by atoms with Gasteiger partial charge in [-0.1, -0.05) is 19.1 Å². The summed E-state index contributed by atoms with van der Waals surface area (Å²) in [5, 5.41) is 0. The first-order valence-electron chi connectivity index (χ1n) is 6.86. The van der Waals surface area contributed by atoms with Crippen molar-refractivity contribution in [3.63, 3.8) is 0 Å². The Bertz CT molecular complexity index is 361. The molecule has 2 rings (SSSR count). The number of aryl methyl sites for hydroxylation is 1. The van der Waals surface area contributed by atoms with Gasteiger partial charge >= 0.3 is 0 Å². The van der Waals surface area contributed by atoms with E-state index in [1.807, 2.05) is 12.1 Å². The Morgan fingerprint density at radius 1 is 1.33 bits per heavy atom. The van der Waals surface area contributed by atoms with Crippen molar-refractivity contribution >= 4 is 0 Å². The predicted octanol–water partition coefficient (Wildman–Crippen LogP) is 3.06. The summed E-state index contributed by atoms with van der Waals surface area (Å²) >= 11 is 0. The molecule has 1 heterocycles. The molecule has 0 spiro atoms. The molecule has 2 nitrogen and oxygen atoms in total. The van der Waals surface area contributed by atoms with E-state index < -0.39 is 6.17 Å². The van der Waals surface area contributed by atoms with Crippen LogP contribution < -0.4 is 4.74 Å². The molecule has 0 unspecified atom stereocenters. The average Bonchev–Trinajstić information content (AvgIpc) is 2.41. The van der Waals surface area contributed by atoms with Crippen LogP contribution in [-0.4, -0.2) is 37.3 Å². The Balaban J connectivity index is 1.71. The maximum Gasteiger partial charge on any atom is 0.119 e. The van der Waals surface area contributed by atoms with Crippen molar-refractivity contribution in [2.45, 2.75) is 32.4 Å². The highest BCUT2D eigenvalue weighted by Gasteiger charge is 2.17. The predicted molar refractivity (Wildman–Crippen MR) is 71.9 cm³/mol. The molecule has 0 atom stereocenters. The molecular weight excluding hydrogens is 229 g/mol. The van der Waals surface area contributed by atoms with Crippen LogP contribution in [0.25, 0.3) is 0 Å². The van der Waals surface area contributed by atoms with Crippen LogP contribution in [0.5, 0.6) is 5.75 Å². The number of nitrogens with zero attached hydrogens (tertiary/aromatic N) is 1. The Labute approximate surface area is 109 Å². The third-order valence-electron chi connectivity index (χ3n) is 3.50. The minimum Gasteiger partial charge on any atom is -0.492 e. The summed E-state index contributed by atoms with van der Waals surface area (Å²) in [5.41, 5.74) is 1.30. The largest absolute Gasteiger partial charge is 0.492 e. The number of hydrogen-bond donors (Lipinski definition) is 0. The summed E-state index contributed by atoms with van der Waals surface area (Å²) in [6.45, 7) is 5.44. The quantitative estimate of drug-likeness (QED) is 0.797. The van der Waals surface area contributed by atoms with E-state index in [2.05, 4.69) is 24.0 Å². The van der Waals surface area contributed by atoms with Gasteiger partial charge in [0.25, 0.3) is 0 Å². The van der Waals surface area contributed by atoms with Crippen LogP contribution in [0.4, 0.5) is 4.39 Å². The third kappa shape index (κ3) is 3.98. The lowest BCUT2D eigenvalue weighted by Gasteiger charge is -2.28. The second-order valence-corrected chi connectivity index (χ2v) is 4.87. The molecule has 1 fully saturated rings. The lowest BCUT2D eigenvalue weighted by atomic mass is 10.1. The smallest absolute Gasteiger partial charge is 0.119 e. The van der Waals surface area contributed by atoms with Gasteiger partial charge in [0.05, 0.1) is 0 Å². The van der Waals surface area contributed by atoms with Crippen LogP contribution in [0.2, 0.25) is 0 Å². The van der Waals surface area contributed by atoms with Crippen LogP contribution in [0.1, 0.15) is 25.3 Å². The lowest BCUT2D eigenvalue weighted by Crippen LogP contribution is -2.37. The zero-order valence-electron chi connectivity index (χ0n) is 11.1. The normalized spacial score (nSPS) is 17.9. The molecule has 1 aliphatic heterocycles. The van der Waals surface area contributed by atoms with E-state index in [1.165, 1.54) is 5.56 Å². The molecule has 0 N–H and O–H groups in total. The Morgan fingerprint density at radius 2 is 2.11 bits per heavy atom. The van der Waals surface area contributed by atoms with Crippen molar-refractivity contribution in [1.29, 1.82) is 0 Å². The van der Waals surface area contributed by atoms with Gasteiger partial charge in [-0.15, -0.1) is 0 Å². The minimum atomic E-state index is -0.594. The second-order valence-electron chi connectivity index (χ2n) is 4.87. The molecule has 0 aliphatic carbocycles. The van der Waals surface area contributed by atoms with Crippen molar-refractivity contribution in [3.05, 3.63) is 29.8 Å². The maximum atomic E-state index is 13.0. The fraction of sp³-hybridized carbons (Fsp3) is 0.600. The number of hydrogen-bond acceptors (Lipinski definition) is 2. The van der Waals surface area contributed by atoms with Gasteiger partial charge in [-0.25, -0.2) is 4.39 Å². The standard InChI is InChI=1S/C15H22FNO/c1-2-13-4-3-5-15(12-13)18-11-10-17-8-6-14(16)7-9-17/h3-5,12,14H,2,6-11H2,1H3. The molecule has 100 valence electrons. The molecule has 0 aromatic heterocycles. The van der Waals surface area contributed by atoms with Gasteiger partial charge < -0.3 is 4.74 Å². The van der Waals surface area contributed by atoms with Crippen LogP contribution in [0, 0.1) is 0 Å². The first kappa shape index (κ1) is 13.3. The average molecular weight is 251 g/mol. The molecule has 0 amide bonds. The summed E-state index contributed by atoms with van der Waals surface area (Å²) in [5.74, 6) is 0.940. The van der Waals surface area contributed by atoms with Gasteiger partial charge in [-0.05, 0) is 37.0 Å². The highest BCUT2D eigenvalue weighted by atomic mass is 19.1. The highest BCUT2D eigenvalue weighted by Crippen LogP contribution is 2.15. The van der Waals surface area contributed by atoms with Gasteiger partial charge in [0.1, 0.15) is 18.5 Å². The number of benzene rings is 1. The molecule has 0 radical (unpaired) electrons. The van der Waals surface area contributed by atoms with Gasteiger partial charge in [0, 0.05) is 19.6 Å². The van der Waals surface area contributed by atoms with Crippen molar-refractivity contribution in [1.82, 2.24) is 4.90 Å². The van der Waals surface area contributed by atoms with Gasteiger partial charge in [0.15, 0.2) is 0 Å². The Hall–Kier alpha value is -1.09. The molecular formula is C15H22FNO. The number of rotatable bonds is 5. The number of halogens is 1. The van der Waals surface area contributed by atoms with E-state index in [9.17, 15) is 4.39 Å². The second kappa shape index (κ2) is 6.74. The summed E-state index contributed by atoms with van der Waals surface area (Å²) < 4.78 is 18.7. The summed E-state index contributed by atoms with van der Waals surface area (Å²) in [4.78, 5) is 2.28. The van der Waals surface area contributed by atoms with Crippen LogP contribution in [-0.2, 0) is 6.42 Å². The Kier molecular flexibility index (Phi) is 5.00. The topological polar surface area (TPSA) is 12.5 Å². The van der Waals surface area contributed by atoms with Crippen LogP contribution >= 0.6 is 0 Å². The molecule has 1 aromatic rings. The molecule has 1 aromatic carbocycles. The number of alkyl halides is 1. The zero-order valence-corrected chi connectivity index (χ0v) is 11.1. The molecule has 18 heavy (non-hydrogen) atoms. The number of piperidine rings is 1. The summed E-state index contributed by atoms with van der Waals surface area (Å²) in [6, 6.07) is 8.22. The minimum absolute atomic E-state index is 0.594. The number of ether oxygens (including phenoxy) is 1. The van der Waals surface area contributed by atoms with Gasteiger partial charge in [-0.3, -0.25) is 4.90 Å². The molecule has 0 bridgehead atoms. The first-order valence-corrected chi connectivity index (χ1v) is 6.86. The van der Waals surface area contributed by atoms with Crippen molar-refractivity contribution < 1.29 is 9.13 Å². The van der Waals surface area contributed by atoms with E-state index in [4.69, 9.17) is 4.74 Å². The first-order chi connectivity index (χ1) is 8.78. The molecule has 1 saturated heterocycles.